The van der Waals surface area contributed by atoms with Crippen LogP contribution in [0.1, 0.15) is 25.8 Å². The van der Waals surface area contributed by atoms with E-state index in [0.717, 1.165) is 12.0 Å². The van der Waals surface area contributed by atoms with Gasteiger partial charge in [-0.05, 0) is 31.0 Å². The van der Waals surface area contributed by atoms with Gasteiger partial charge in [0.25, 0.3) is 5.91 Å². The van der Waals surface area contributed by atoms with Crippen molar-refractivity contribution in [3.63, 3.8) is 0 Å². The molecule has 0 atom stereocenters. The zero-order valence-corrected chi connectivity index (χ0v) is 13.8. The van der Waals surface area contributed by atoms with Gasteiger partial charge >= 0.3 is 5.97 Å². The van der Waals surface area contributed by atoms with E-state index in [1.807, 2.05) is 32.1 Å². The summed E-state index contributed by atoms with van der Waals surface area (Å²) in [6.07, 6.45) is 4.66. The van der Waals surface area contributed by atoms with Crippen LogP contribution in [0.15, 0.2) is 24.3 Å². The normalized spacial score (nSPS) is 10.4. The van der Waals surface area contributed by atoms with Crippen LogP contribution >= 0.6 is 0 Å². The van der Waals surface area contributed by atoms with Crippen molar-refractivity contribution in [2.45, 2.75) is 20.3 Å². The van der Waals surface area contributed by atoms with E-state index in [1.165, 1.54) is 7.11 Å². The fourth-order valence-corrected chi connectivity index (χ4v) is 1.74. The number of rotatable bonds is 9. The summed E-state index contributed by atoms with van der Waals surface area (Å²) in [5.41, 5.74) is 0.965. The monoisotopic (exact) mass is 321 g/mol. The fraction of sp³-hybridized carbons (Fsp3) is 0.412. The summed E-state index contributed by atoms with van der Waals surface area (Å²) in [7, 11) is 1.53. The van der Waals surface area contributed by atoms with Crippen molar-refractivity contribution in [2.75, 3.05) is 26.9 Å². The summed E-state index contributed by atoms with van der Waals surface area (Å²) in [6, 6.07) is 5.37. The van der Waals surface area contributed by atoms with Gasteiger partial charge in [-0.15, -0.1) is 0 Å². The second kappa shape index (κ2) is 10.3. The predicted molar refractivity (Wildman–Crippen MR) is 87.5 cm³/mol. The molecular formula is C17H23NO5. The van der Waals surface area contributed by atoms with Gasteiger partial charge in [0.05, 0.1) is 7.11 Å². The highest BCUT2D eigenvalue weighted by Crippen LogP contribution is 2.28. The molecule has 0 spiro atoms. The standard InChI is InChI=1S/C17H23NO5/c1-4-6-13-7-8-14(15(10-13)21-3)22-12-17(20)23-11-16(19)18-9-5-2/h4,6-8,10H,5,9,11-12H2,1-3H3,(H,18,19)/b6-4+. The average molecular weight is 321 g/mol. The molecule has 0 heterocycles. The van der Waals surface area contributed by atoms with Crippen LogP contribution in [-0.4, -0.2) is 38.7 Å². The quantitative estimate of drug-likeness (QED) is 0.706. The zero-order chi connectivity index (χ0) is 17.1. The number of ether oxygens (including phenoxy) is 3. The molecular weight excluding hydrogens is 298 g/mol. The van der Waals surface area contributed by atoms with Crippen LogP contribution in [0, 0.1) is 0 Å². The van der Waals surface area contributed by atoms with Gasteiger partial charge in [-0.25, -0.2) is 4.79 Å². The van der Waals surface area contributed by atoms with Gasteiger partial charge in [0.1, 0.15) is 0 Å². The summed E-state index contributed by atoms with van der Waals surface area (Å²) < 4.78 is 15.4. The smallest absolute Gasteiger partial charge is 0.344 e. The van der Waals surface area contributed by atoms with Crippen molar-refractivity contribution in [1.29, 1.82) is 0 Å². The Morgan fingerprint density at radius 1 is 1.22 bits per heavy atom. The summed E-state index contributed by atoms with van der Waals surface area (Å²) in [5, 5.41) is 2.61. The van der Waals surface area contributed by atoms with Gasteiger partial charge in [0.2, 0.25) is 0 Å². The Bertz CT molecular complexity index is 554. The number of carbonyl (C=O) groups is 2. The lowest BCUT2D eigenvalue weighted by Gasteiger charge is -2.11. The molecule has 0 saturated carbocycles. The molecule has 0 unspecified atom stereocenters. The van der Waals surface area contributed by atoms with Crippen molar-refractivity contribution >= 4 is 18.0 Å². The Labute approximate surface area is 136 Å². The van der Waals surface area contributed by atoms with Crippen molar-refractivity contribution in [1.82, 2.24) is 5.32 Å². The Hall–Kier alpha value is -2.50. The Balaban J connectivity index is 2.48. The van der Waals surface area contributed by atoms with Crippen LogP contribution in [0.5, 0.6) is 11.5 Å². The molecule has 1 rings (SSSR count). The number of benzene rings is 1. The molecule has 126 valence electrons. The van der Waals surface area contributed by atoms with Crippen LogP contribution in [0.2, 0.25) is 0 Å². The largest absolute Gasteiger partial charge is 0.493 e. The van der Waals surface area contributed by atoms with Crippen molar-refractivity contribution in [3.8, 4) is 11.5 Å². The Morgan fingerprint density at radius 3 is 2.65 bits per heavy atom. The van der Waals surface area contributed by atoms with Gasteiger partial charge in [-0.3, -0.25) is 4.79 Å². The number of amides is 1. The highest BCUT2D eigenvalue weighted by Gasteiger charge is 2.10. The molecule has 0 bridgehead atoms. The van der Waals surface area contributed by atoms with Gasteiger partial charge < -0.3 is 19.5 Å². The van der Waals surface area contributed by atoms with Crippen LogP contribution in [0.25, 0.3) is 6.08 Å². The molecule has 1 amide bonds. The van der Waals surface area contributed by atoms with E-state index in [4.69, 9.17) is 14.2 Å². The van der Waals surface area contributed by atoms with Crippen LogP contribution in [0.3, 0.4) is 0 Å². The van der Waals surface area contributed by atoms with E-state index in [0.29, 0.717) is 18.0 Å². The summed E-state index contributed by atoms with van der Waals surface area (Å²) >= 11 is 0. The molecule has 23 heavy (non-hydrogen) atoms. The van der Waals surface area contributed by atoms with Crippen molar-refractivity contribution < 1.29 is 23.8 Å². The van der Waals surface area contributed by atoms with Crippen LogP contribution in [-0.2, 0) is 14.3 Å². The molecule has 0 aliphatic carbocycles. The van der Waals surface area contributed by atoms with E-state index in [1.54, 1.807) is 12.1 Å². The van der Waals surface area contributed by atoms with Gasteiger partial charge in [0, 0.05) is 6.54 Å². The zero-order valence-electron chi connectivity index (χ0n) is 13.8. The maximum atomic E-state index is 11.6. The predicted octanol–water partition coefficient (Wildman–Crippen LogP) is 2.18. The van der Waals surface area contributed by atoms with Gasteiger partial charge in [0.15, 0.2) is 24.7 Å². The molecule has 1 N–H and O–H groups in total. The molecule has 6 heteroatoms. The molecule has 0 fully saturated rings. The Morgan fingerprint density at radius 2 is 2.00 bits per heavy atom. The highest BCUT2D eigenvalue weighted by molar-refractivity contribution is 5.80. The SMILES string of the molecule is C/C=C/c1ccc(OCC(=O)OCC(=O)NCCC)c(OC)c1. The minimum absolute atomic E-state index is 0.291. The average Bonchev–Trinajstić information content (AvgIpc) is 2.56. The lowest BCUT2D eigenvalue weighted by molar-refractivity contribution is -0.150. The second-order valence-electron chi connectivity index (χ2n) is 4.71. The maximum Gasteiger partial charge on any atom is 0.344 e. The number of nitrogens with one attached hydrogen (secondary N) is 1. The fourth-order valence-electron chi connectivity index (χ4n) is 1.74. The minimum Gasteiger partial charge on any atom is -0.493 e. The summed E-state index contributed by atoms with van der Waals surface area (Å²) in [6.45, 7) is 3.82. The number of hydrogen-bond acceptors (Lipinski definition) is 5. The summed E-state index contributed by atoms with van der Waals surface area (Å²) in [5.74, 6) is 0.0203. The third-order valence-corrected chi connectivity index (χ3v) is 2.83. The van der Waals surface area contributed by atoms with Gasteiger partial charge in [-0.1, -0.05) is 25.1 Å². The molecule has 0 radical (unpaired) electrons. The molecule has 6 nitrogen and oxygen atoms in total. The second-order valence-corrected chi connectivity index (χ2v) is 4.71. The molecule has 0 aromatic heterocycles. The topological polar surface area (TPSA) is 73.9 Å². The Kier molecular flexibility index (Phi) is 8.28. The van der Waals surface area contributed by atoms with E-state index < -0.39 is 5.97 Å². The lowest BCUT2D eigenvalue weighted by Crippen LogP contribution is -2.30. The first kappa shape index (κ1) is 18.5. The van der Waals surface area contributed by atoms with E-state index in [-0.39, 0.29) is 19.1 Å². The van der Waals surface area contributed by atoms with Crippen molar-refractivity contribution in [3.05, 3.63) is 29.8 Å². The third-order valence-electron chi connectivity index (χ3n) is 2.83. The minimum atomic E-state index is -0.615. The first-order chi connectivity index (χ1) is 11.1. The number of allylic oxidation sites excluding steroid dienone is 1. The van der Waals surface area contributed by atoms with E-state index in [9.17, 15) is 9.59 Å². The molecule has 0 saturated heterocycles. The number of hydrogen-bond donors (Lipinski definition) is 1. The highest BCUT2D eigenvalue weighted by atomic mass is 16.6. The molecule has 1 aromatic carbocycles. The molecule has 0 aliphatic rings. The van der Waals surface area contributed by atoms with Gasteiger partial charge in [-0.2, -0.15) is 0 Å². The summed E-state index contributed by atoms with van der Waals surface area (Å²) in [4.78, 5) is 22.9. The lowest BCUT2D eigenvalue weighted by atomic mass is 10.2. The first-order valence-electron chi connectivity index (χ1n) is 7.46. The van der Waals surface area contributed by atoms with Crippen LogP contribution < -0.4 is 14.8 Å². The first-order valence-corrected chi connectivity index (χ1v) is 7.46. The number of carbonyl (C=O) groups excluding carboxylic acids is 2. The molecule has 1 aromatic rings. The third kappa shape index (κ3) is 6.86. The van der Waals surface area contributed by atoms with E-state index >= 15 is 0 Å². The molecule has 0 aliphatic heterocycles. The number of esters is 1. The number of methoxy groups -OCH3 is 1. The maximum absolute atomic E-state index is 11.6. The van der Waals surface area contributed by atoms with Crippen molar-refractivity contribution in [2.24, 2.45) is 0 Å². The van der Waals surface area contributed by atoms with E-state index in [2.05, 4.69) is 5.32 Å². The van der Waals surface area contributed by atoms with Crippen LogP contribution in [0.4, 0.5) is 0 Å².